The normalized spacial score (nSPS) is 11.4. The molecule has 0 fully saturated rings. The van der Waals surface area contributed by atoms with Gasteiger partial charge in [0, 0.05) is 40.2 Å². The number of hydrogen-bond acceptors (Lipinski definition) is 9. The van der Waals surface area contributed by atoms with Crippen LogP contribution < -0.4 is 31.3 Å². The monoisotopic (exact) mass is 938 g/mol. The standard InChI is InChI=1S/C54H46N6O10/c1-34(2)70-47-32-38(51(64)55-42-27-20-37(21-28-42)53(66)67)24-31-45(47)57-49(62)35-18-25-43(26-19-35)56-52(65)46(58-50(63)36-22-29-44(30-23-36)60(68)69)33-48(61)59-54(39-12-6-3-7-13-39,40-14-8-4-9-15-40)41-16-10-5-11-17-41/h3-32,34,46H,33H2,1-2H3,(H,55,64)(H,56,65)(H,57,62)(H,58,63)(H,59,61)(H,66,67). The van der Waals surface area contributed by atoms with E-state index in [9.17, 15) is 44.0 Å². The molecule has 1 atom stereocenters. The zero-order valence-corrected chi connectivity index (χ0v) is 37.8. The van der Waals surface area contributed by atoms with E-state index in [0.717, 1.165) is 28.8 Å². The van der Waals surface area contributed by atoms with Crippen LogP contribution in [-0.2, 0) is 15.1 Å². The fourth-order valence-corrected chi connectivity index (χ4v) is 7.56. The number of amides is 5. The molecule has 0 aliphatic carbocycles. The number of ether oxygens (including phenoxy) is 1. The average Bonchev–Trinajstić information content (AvgIpc) is 3.36. The molecule has 0 saturated carbocycles. The van der Waals surface area contributed by atoms with Gasteiger partial charge in [0.1, 0.15) is 17.3 Å². The van der Waals surface area contributed by atoms with Crippen molar-refractivity contribution >= 4 is 58.3 Å². The van der Waals surface area contributed by atoms with Gasteiger partial charge < -0.3 is 36.4 Å². The Labute approximate surface area is 401 Å². The van der Waals surface area contributed by atoms with Crippen LogP contribution in [0.1, 0.15) is 78.4 Å². The highest BCUT2D eigenvalue weighted by Gasteiger charge is 2.39. The maximum absolute atomic E-state index is 14.5. The predicted octanol–water partition coefficient (Wildman–Crippen LogP) is 8.82. The lowest BCUT2D eigenvalue weighted by atomic mass is 9.77. The summed E-state index contributed by atoms with van der Waals surface area (Å²) in [6.45, 7) is 3.56. The van der Waals surface area contributed by atoms with Crippen LogP contribution in [0.2, 0.25) is 0 Å². The molecule has 16 heteroatoms. The van der Waals surface area contributed by atoms with Gasteiger partial charge in [-0.3, -0.25) is 34.1 Å². The molecule has 0 radical (unpaired) electrons. The number of carbonyl (C=O) groups is 6. The van der Waals surface area contributed by atoms with Crippen molar-refractivity contribution in [1.82, 2.24) is 10.6 Å². The van der Waals surface area contributed by atoms with Crippen molar-refractivity contribution in [2.24, 2.45) is 0 Å². The fraction of sp³-hybridized carbons (Fsp3) is 0.111. The van der Waals surface area contributed by atoms with Gasteiger partial charge in [-0.05, 0) is 109 Å². The van der Waals surface area contributed by atoms with Gasteiger partial charge in [-0.1, -0.05) is 91.0 Å². The first-order valence-corrected chi connectivity index (χ1v) is 21.9. The second-order valence-corrected chi connectivity index (χ2v) is 16.2. The summed E-state index contributed by atoms with van der Waals surface area (Å²) in [5.74, 6) is -4.08. The van der Waals surface area contributed by atoms with E-state index in [1.807, 2.05) is 91.0 Å². The molecule has 1 unspecified atom stereocenters. The summed E-state index contributed by atoms with van der Waals surface area (Å²) in [5.41, 5.74) is 2.03. The number of non-ortho nitro benzene ring substituents is 1. The minimum Gasteiger partial charge on any atom is -0.489 e. The van der Waals surface area contributed by atoms with E-state index in [1.54, 1.807) is 13.8 Å². The van der Waals surface area contributed by atoms with Gasteiger partial charge in [0.05, 0.1) is 28.7 Å². The highest BCUT2D eigenvalue weighted by molar-refractivity contribution is 6.08. The number of nitrogens with zero attached hydrogens (tertiary/aromatic N) is 1. The molecule has 70 heavy (non-hydrogen) atoms. The number of carboxylic acids is 1. The van der Waals surface area contributed by atoms with Gasteiger partial charge in [0.15, 0.2) is 0 Å². The lowest BCUT2D eigenvalue weighted by Crippen LogP contribution is -2.52. The molecular weight excluding hydrogens is 893 g/mol. The first-order valence-electron chi connectivity index (χ1n) is 21.9. The Morgan fingerprint density at radius 1 is 0.571 bits per heavy atom. The summed E-state index contributed by atoms with van der Waals surface area (Å²) < 4.78 is 5.95. The van der Waals surface area contributed by atoms with E-state index >= 15 is 0 Å². The van der Waals surface area contributed by atoms with Gasteiger partial charge in [-0.25, -0.2) is 4.79 Å². The molecule has 0 saturated heterocycles. The number of rotatable bonds is 18. The molecule has 5 amide bonds. The number of carbonyl (C=O) groups excluding carboxylic acids is 5. The maximum Gasteiger partial charge on any atom is 0.335 e. The number of anilines is 3. The van der Waals surface area contributed by atoms with Crippen LogP contribution in [0.15, 0.2) is 182 Å². The molecule has 16 nitrogen and oxygen atoms in total. The number of nitrogens with one attached hydrogen (secondary N) is 5. The first kappa shape index (κ1) is 48.5. The zero-order chi connectivity index (χ0) is 49.8. The number of benzene rings is 7. The van der Waals surface area contributed by atoms with Crippen LogP contribution in [0.25, 0.3) is 0 Å². The van der Waals surface area contributed by atoms with Crippen molar-refractivity contribution in [2.45, 2.75) is 38.0 Å². The molecule has 7 aromatic carbocycles. The van der Waals surface area contributed by atoms with Crippen LogP contribution in [-0.4, -0.2) is 57.7 Å². The number of aromatic carboxylic acids is 1. The lowest BCUT2D eigenvalue weighted by molar-refractivity contribution is -0.384. The molecule has 7 aromatic rings. The Morgan fingerprint density at radius 2 is 1.03 bits per heavy atom. The largest absolute Gasteiger partial charge is 0.489 e. The minimum absolute atomic E-state index is 0.0102. The van der Waals surface area contributed by atoms with E-state index in [-0.39, 0.29) is 51.2 Å². The highest BCUT2D eigenvalue weighted by atomic mass is 16.6. The summed E-state index contributed by atoms with van der Waals surface area (Å²) in [6.07, 6.45) is -0.881. The maximum atomic E-state index is 14.5. The second-order valence-electron chi connectivity index (χ2n) is 16.2. The molecule has 352 valence electrons. The Hall–Kier alpha value is -9.44. The summed E-state index contributed by atoms with van der Waals surface area (Å²) in [5, 5.41) is 34.6. The van der Waals surface area contributed by atoms with Crippen molar-refractivity contribution in [1.29, 1.82) is 0 Å². The van der Waals surface area contributed by atoms with E-state index < -0.39 is 58.4 Å². The van der Waals surface area contributed by atoms with Crippen molar-refractivity contribution in [3.63, 3.8) is 0 Å². The van der Waals surface area contributed by atoms with Crippen LogP contribution in [0, 0.1) is 10.1 Å². The summed E-state index contributed by atoms with van der Waals surface area (Å²) in [4.78, 5) is 91.0. The van der Waals surface area contributed by atoms with Crippen LogP contribution in [0.3, 0.4) is 0 Å². The van der Waals surface area contributed by atoms with Crippen LogP contribution in [0.4, 0.5) is 22.7 Å². The SMILES string of the molecule is CC(C)Oc1cc(C(=O)Nc2ccc(C(=O)O)cc2)ccc1NC(=O)c1ccc(NC(=O)C(CC(=O)NC(c2ccccc2)(c2ccccc2)c2ccccc2)NC(=O)c2ccc([N+](=O)[O-])cc2)cc1. The molecule has 0 aliphatic heterocycles. The summed E-state index contributed by atoms with van der Waals surface area (Å²) in [6, 6.07) is 47.3. The van der Waals surface area contributed by atoms with E-state index in [0.29, 0.717) is 5.69 Å². The Bertz CT molecular complexity index is 2930. The van der Waals surface area contributed by atoms with Gasteiger partial charge in [0.25, 0.3) is 23.4 Å². The third-order valence-corrected chi connectivity index (χ3v) is 11.0. The minimum atomic E-state index is -1.48. The van der Waals surface area contributed by atoms with Gasteiger partial charge in [-0.15, -0.1) is 0 Å². The molecule has 0 aromatic heterocycles. The van der Waals surface area contributed by atoms with Crippen molar-refractivity contribution in [3.8, 4) is 5.75 Å². The summed E-state index contributed by atoms with van der Waals surface area (Å²) in [7, 11) is 0. The average molecular weight is 939 g/mol. The lowest BCUT2D eigenvalue weighted by Gasteiger charge is -2.37. The topological polar surface area (TPSA) is 235 Å². The molecule has 0 spiro atoms. The quantitative estimate of drug-likeness (QED) is 0.0272. The van der Waals surface area contributed by atoms with Gasteiger partial charge in [0.2, 0.25) is 11.8 Å². The molecule has 6 N–H and O–H groups in total. The molecule has 0 bridgehead atoms. The summed E-state index contributed by atoms with van der Waals surface area (Å²) >= 11 is 0. The first-order chi connectivity index (χ1) is 33.7. The number of carboxylic acid groups (broad SMARTS) is 1. The highest BCUT2D eigenvalue weighted by Crippen LogP contribution is 2.37. The second kappa shape index (κ2) is 21.9. The van der Waals surface area contributed by atoms with E-state index in [4.69, 9.17) is 4.74 Å². The third-order valence-electron chi connectivity index (χ3n) is 11.0. The van der Waals surface area contributed by atoms with E-state index in [2.05, 4.69) is 26.6 Å². The number of nitro groups is 1. The van der Waals surface area contributed by atoms with Gasteiger partial charge in [-0.2, -0.15) is 0 Å². The fourth-order valence-electron chi connectivity index (χ4n) is 7.56. The third kappa shape index (κ3) is 11.7. The number of hydrogen-bond donors (Lipinski definition) is 6. The Morgan fingerprint density at radius 3 is 1.53 bits per heavy atom. The van der Waals surface area contributed by atoms with Gasteiger partial charge >= 0.3 is 5.97 Å². The van der Waals surface area contributed by atoms with E-state index in [1.165, 1.54) is 78.9 Å². The molecule has 7 rings (SSSR count). The Kier molecular flexibility index (Phi) is 15.2. The number of nitro benzene ring substituents is 1. The molecule has 0 aliphatic rings. The molecular formula is C54H46N6O10. The Balaban J connectivity index is 1.10. The zero-order valence-electron chi connectivity index (χ0n) is 37.8. The van der Waals surface area contributed by atoms with Crippen molar-refractivity contribution in [2.75, 3.05) is 16.0 Å². The predicted molar refractivity (Wildman–Crippen MR) is 263 cm³/mol. The van der Waals surface area contributed by atoms with Crippen molar-refractivity contribution in [3.05, 3.63) is 231 Å². The van der Waals surface area contributed by atoms with Crippen LogP contribution >= 0.6 is 0 Å². The smallest absolute Gasteiger partial charge is 0.335 e. The van der Waals surface area contributed by atoms with Crippen molar-refractivity contribution < 1.29 is 43.5 Å². The van der Waals surface area contributed by atoms with Crippen LogP contribution in [0.5, 0.6) is 5.75 Å². The molecule has 0 heterocycles.